The van der Waals surface area contributed by atoms with Crippen LogP contribution in [-0.2, 0) is 0 Å². The smallest absolute Gasteiger partial charge is 0.222 e. The highest BCUT2D eigenvalue weighted by atomic mass is 16.2. The lowest BCUT2D eigenvalue weighted by atomic mass is 10.2. The highest BCUT2D eigenvalue weighted by Gasteiger charge is 1.93. The number of aromatic nitrogens is 2. The Balaban J connectivity index is 2.15. The number of anilines is 2. The second kappa shape index (κ2) is 6.15. The van der Waals surface area contributed by atoms with Crippen molar-refractivity contribution >= 4 is 11.6 Å². The molecule has 0 unspecified atom stereocenters. The van der Waals surface area contributed by atoms with Crippen LogP contribution in [0.2, 0.25) is 0 Å². The summed E-state index contributed by atoms with van der Waals surface area (Å²) in [7, 11) is 0. The van der Waals surface area contributed by atoms with Gasteiger partial charge in [-0.3, -0.25) is 0 Å². The van der Waals surface area contributed by atoms with Crippen molar-refractivity contribution in [1.82, 2.24) is 9.97 Å². The summed E-state index contributed by atoms with van der Waals surface area (Å²) in [5.74, 6) is 0.600. The highest BCUT2D eigenvalue weighted by molar-refractivity contribution is 5.35. The van der Waals surface area contributed by atoms with E-state index in [4.69, 9.17) is 10.8 Å². The summed E-state index contributed by atoms with van der Waals surface area (Å²) in [6, 6.07) is 0. The first-order chi connectivity index (χ1) is 6.83. The van der Waals surface area contributed by atoms with Crippen LogP contribution in [0.4, 0.5) is 11.6 Å². The Morgan fingerprint density at radius 3 is 2.57 bits per heavy atom. The van der Waals surface area contributed by atoms with Gasteiger partial charge in [0.15, 0.2) is 0 Å². The maximum absolute atomic E-state index is 8.55. The molecule has 0 bridgehead atoms. The minimum Gasteiger partial charge on any atom is -0.396 e. The minimum atomic E-state index is 0.262. The Morgan fingerprint density at radius 2 is 1.93 bits per heavy atom. The van der Waals surface area contributed by atoms with Crippen LogP contribution in [0.5, 0.6) is 0 Å². The topological polar surface area (TPSA) is 84.1 Å². The molecule has 0 aromatic carbocycles. The zero-order valence-corrected chi connectivity index (χ0v) is 8.11. The van der Waals surface area contributed by atoms with Crippen molar-refractivity contribution in [2.75, 3.05) is 24.2 Å². The molecule has 5 nitrogen and oxygen atoms in total. The summed E-state index contributed by atoms with van der Waals surface area (Å²) in [6.07, 6.45) is 6.02. The normalized spacial score (nSPS) is 10.1. The molecule has 14 heavy (non-hydrogen) atoms. The fourth-order valence-electron chi connectivity index (χ4n) is 1.04. The molecule has 0 saturated heterocycles. The standard InChI is InChI=1S/C9H16N4O/c10-8-6-12-9(13-7-8)11-4-2-1-3-5-14/h6-7,14H,1-5,10H2,(H,11,12,13). The predicted molar refractivity (Wildman–Crippen MR) is 55.9 cm³/mol. The van der Waals surface area contributed by atoms with Crippen LogP contribution in [0.1, 0.15) is 19.3 Å². The second-order valence-electron chi connectivity index (χ2n) is 3.05. The predicted octanol–water partition coefficient (Wildman–Crippen LogP) is 0.633. The van der Waals surface area contributed by atoms with Gasteiger partial charge in [0, 0.05) is 13.2 Å². The fraction of sp³-hybridized carbons (Fsp3) is 0.556. The second-order valence-corrected chi connectivity index (χ2v) is 3.05. The average molecular weight is 196 g/mol. The van der Waals surface area contributed by atoms with Gasteiger partial charge in [0.2, 0.25) is 5.95 Å². The molecular formula is C9H16N4O. The largest absolute Gasteiger partial charge is 0.396 e. The number of nitrogens with one attached hydrogen (secondary N) is 1. The van der Waals surface area contributed by atoms with Crippen molar-refractivity contribution in [2.24, 2.45) is 0 Å². The molecule has 4 N–H and O–H groups in total. The van der Waals surface area contributed by atoms with Crippen LogP contribution >= 0.6 is 0 Å². The zero-order chi connectivity index (χ0) is 10.2. The van der Waals surface area contributed by atoms with Gasteiger partial charge in [0.25, 0.3) is 0 Å². The SMILES string of the molecule is Nc1cnc(NCCCCCO)nc1. The molecule has 1 heterocycles. The molecule has 0 atom stereocenters. The first-order valence-electron chi connectivity index (χ1n) is 4.75. The van der Waals surface area contributed by atoms with Gasteiger partial charge in [-0.15, -0.1) is 0 Å². The van der Waals surface area contributed by atoms with Crippen LogP contribution in [-0.4, -0.2) is 28.2 Å². The van der Waals surface area contributed by atoms with E-state index in [0.29, 0.717) is 11.6 Å². The summed E-state index contributed by atoms with van der Waals surface area (Å²) in [6.45, 7) is 1.09. The molecule has 0 amide bonds. The summed E-state index contributed by atoms with van der Waals surface area (Å²) < 4.78 is 0. The van der Waals surface area contributed by atoms with Gasteiger partial charge in [-0.25, -0.2) is 9.97 Å². The first-order valence-corrected chi connectivity index (χ1v) is 4.75. The van der Waals surface area contributed by atoms with Crippen molar-refractivity contribution in [2.45, 2.75) is 19.3 Å². The molecule has 5 heteroatoms. The van der Waals surface area contributed by atoms with Gasteiger partial charge in [0.05, 0.1) is 18.1 Å². The van der Waals surface area contributed by atoms with E-state index in [0.717, 1.165) is 25.8 Å². The summed E-state index contributed by atoms with van der Waals surface area (Å²) in [5, 5.41) is 11.6. The molecule has 0 aliphatic heterocycles. The number of nitrogen functional groups attached to an aromatic ring is 1. The van der Waals surface area contributed by atoms with E-state index < -0.39 is 0 Å². The number of hydrogen-bond acceptors (Lipinski definition) is 5. The summed E-state index contributed by atoms with van der Waals surface area (Å²) in [4.78, 5) is 8.00. The quantitative estimate of drug-likeness (QED) is 0.581. The molecule has 0 radical (unpaired) electrons. The van der Waals surface area contributed by atoms with Crippen LogP contribution in [0.15, 0.2) is 12.4 Å². The summed E-state index contributed by atoms with van der Waals surface area (Å²) >= 11 is 0. The van der Waals surface area contributed by atoms with Crippen LogP contribution in [0, 0.1) is 0 Å². The highest BCUT2D eigenvalue weighted by Crippen LogP contribution is 2.01. The molecule has 0 saturated carbocycles. The zero-order valence-electron chi connectivity index (χ0n) is 8.11. The lowest BCUT2D eigenvalue weighted by Crippen LogP contribution is -2.05. The molecule has 78 valence electrons. The molecule has 1 rings (SSSR count). The third kappa shape index (κ3) is 4.04. The number of aliphatic hydroxyl groups excluding tert-OH is 1. The van der Waals surface area contributed by atoms with Crippen LogP contribution in [0.3, 0.4) is 0 Å². The van der Waals surface area contributed by atoms with Gasteiger partial charge >= 0.3 is 0 Å². The van der Waals surface area contributed by atoms with E-state index in [9.17, 15) is 0 Å². The third-order valence-corrected chi connectivity index (χ3v) is 1.79. The monoisotopic (exact) mass is 196 g/mol. The number of aliphatic hydroxyl groups is 1. The summed E-state index contributed by atoms with van der Waals surface area (Å²) in [5.41, 5.74) is 6.01. The first kappa shape index (κ1) is 10.7. The molecule has 0 spiro atoms. The number of hydrogen-bond donors (Lipinski definition) is 3. The molecule has 0 aliphatic rings. The molecule has 1 aromatic heterocycles. The Labute approximate surface area is 83.4 Å². The van der Waals surface area contributed by atoms with Gasteiger partial charge in [-0.05, 0) is 19.3 Å². The van der Waals surface area contributed by atoms with Crippen molar-refractivity contribution in [3.63, 3.8) is 0 Å². The van der Waals surface area contributed by atoms with Crippen LogP contribution in [0.25, 0.3) is 0 Å². The van der Waals surface area contributed by atoms with Crippen molar-refractivity contribution in [3.05, 3.63) is 12.4 Å². The van der Waals surface area contributed by atoms with Crippen molar-refractivity contribution < 1.29 is 5.11 Å². The average Bonchev–Trinajstić information content (AvgIpc) is 2.21. The maximum atomic E-state index is 8.55. The number of nitrogens with zero attached hydrogens (tertiary/aromatic N) is 2. The van der Waals surface area contributed by atoms with Gasteiger partial charge in [0.1, 0.15) is 0 Å². The van der Waals surface area contributed by atoms with E-state index in [1.54, 1.807) is 12.4 Å². The van der Waals surface area contributed by atoms with E-state index in [2.05, 4.69) is 15.3 Å². The van der Waals surface area contributed by atoms with E-state index in [-0.39, 0.29) is 6.61 Å². The number of rotatable bonds is 6. The van der Waals surface area contributed by atoms with E-state index >= 15 is 0 Å². The van der Waals surface area contributed by atoms with Gasteiger partial charge in [-0.1, -0.05) is 0 Å². The molecule has 0 aliphatic carbocycles. The van der Waals surface area contributed by atoms with Crippen LogP contribution < -0.4 is 11.1 Å². The lowest BCUT2D eigenvalue weighted by Gasteiger charge is -2.03. The van der Waals surface area contributed by atoms with Crippen molar-refractivity contribution in [3.8, 4) is 0 Å². The minimum absolute atomic E-state index is 0.262. The number of unbranched alkanes of at least 4 members (excludes halogenated alkanes) is 2. The van der Waals surface area contributed by atoms with Crippen molar-refractivity contribution in [1.29, 1.82) is 0 Å². The Morgan fingerprint density at radius 1 is 1.21 bits per heavy atom. The Kier molecular flexibility index (Phi) is 4.71. The Hall–Kier alpha value is -1.36. The lowest BCUT2D eigenvalue weighted by molar-refractivity contribution is 0.283. The fourth-order valence-corrected chi connectivity index (χ4v) is 1.04. The van der Waals surface area contributed by atoms with Gasteiger partial charge in [-0.2, -0.15) is 0 Å². The Bertz CT molecular complexity index is 249. The molecular weight excluding hydrogens is 180 g/mol. The van der Waals surface area contributed by atoms with E-state index in [1.807, 2.05) is 0 Å². The van der Waals surface area contributed by atoms with Gasteiger partial charge < -0.3 is 16.2 Å². The maximum Gasteiger partial charge on any atom is 0.222 e. The van der Waals surface area contributed by atoms with E-state index in [1.165, 1.54) is 0 Å². The molecule has 1 aromatic rings. The number of nitrogens with two attached hydrogens (primary N) is 1. The third-order valence-electron chi connectivity index (χ3n) is 1.79. The molecule has 0 fully saturated rings.